The lowest BCUT2D eigenvalue weighted by Gasteiger charge is -2.22. The number of rotatable bonds is 11. The van der Waals surface area contributed by atoms with Crippen LogP contribution in [-0.2, 0) is 17.6 Å². The molecule has 0 aliphatic carbocycles. The maximum Gasteiger partial charge on any atom is 0.221 e. The second-order valence-electron chi connectivity index (χ2n) is 9.29. The van der Waals surface area contributed by atoms with Crippen molar-refractivity contribution in [2.45, 2.75) is 51.5 Å². The Balaban J connectivity index is 1.61. The molecule has 5 nitrogen and oxygen atoms in total. The second kappa shape index (κ2) is 11.8. The monoisotopic (exact) mass is 484 g/mol. The number of nitrogens with one attached hydrogen (secondary N) is 2. The quantitative estimate of drug-likeness (QED) is 0.259. The van der Waals surface area contributed by atoms with Crippen LogP contribution < -0.4 is 14.8 Å². The van der Waals surface area contributed by atoms with Crippen molar-refractivity contribution in [3.8, 4) is 11.5 Å². The Bertz CT molecular complexity index is 1300. The molecule has 0 bridgehead atoms. The molecule has 2 atom stereocenters. The van der Waals surface area contributed by atoms with Crippen LogP contribution in [-0.4, -0.2) is 31.2 Å². The van der Waals surface area contributed by atoms with Crippen LogP contribution in [0.15, 0.2) is 72.9 Å². The highest BCUT2D eigenvalue weighted by molar-refractivity contribution is 5.88. The third-order valence-electron chi connectivity index (χ3n) is 6.91. The molecule has 0 saturated carbocycles. The van der Waals surface area contributed by atoms with Gasteiger partial charge in [0.2, 0.25) is 5.91 Å². The summed E-state index contributed by atoms with van der Waals surface area (Å²) >= 11 is 0. The SMILES string of the molecule is CCc1cccc2c(C(CC(=O)NC(C)CCc3ccccc3)c3ccc(OC)cc3OC)c[nH]c12. The lowest BCUT2D eigenvalue weighted by molar-refractivity contribution is -0.121. The number of amides is 1. The Hall–Kier alpha value is -3.73. The van der Waals surface area contributed by atoms with E-state index in [1.54, 1.807) is 14.2 Å². The summed E-state index contributed by atoms with van der Waals surface area (Å²) in [5.74, 6) is 1.29. The zero-order valence-corrected chi connectivity index (χ0v) is 21.6. The molecule has 3 aromatic carbocycles. The fourth-order valence-electron chi connectivity index (χ4n) is 4.93. The van der Waals surface area contributed by atoms with Gasteiger partial charge in [0, 0.05) is 47.1 Å². The minimum Gasteiger partial charge on any atom is -0.497 e. The first-order valence-electron chi connectivity index (χ1n) is 12.7. The van der Waals surface area contributed by atoms with Gasteiger partial charge in [-0.1, -0.05) is 61.5 Å². The number of fused-ring (bicyclic) bond motifs is 1. The molecule has 36 heavy (non-hydrogen) atoms. The summed E-state index contributed by atoms with van der Waals surface area (Å²) in [5.41, 5.74) is 5.73. The van der Waals surface area contributed by atoms with Gasteiger partial charge >= 0.3 is 0 Å². The maximum atomic E-state index is 13.3. The highest BCUT2D eigenvalue weighted by Gasteiger charge is 2.25. The predicted molar refractivity (Wildman–Crippen MR) is 146 cm³/mol. The number of benzene rings is 3. The average Bonchev–Trinajstić information content (AvgIpc) is 3.35. The van der Waals surface area contributed by atoms with Gasteiger partial charge in [0.1, 0.15) is 11.5 Å². The minimum absolute atomic E-state index is 0.0272. The molecule has 0 saturated heterocycles. The summed E-state index contributed by atoms with van der Waals surface area (Å²) < 4.78 is 11.2. The Morgan fingerprint density at radius 1 is 0.972 bits per heavy atom. The molecule has 2 unspecified atom stereocenters. The summed E-state index contributed by atoms with van der Waals surface area (Å²) in [6.45, 7) is 4.23. The van der Waals surface area contributed by atoms with Gasteiger partial charge in [-0.3, -0.25) is 4.79 Å². The van der Waals surface area contributed by atoms with Crippen LogP contribution in [0.4, 0.5) is 0 Å². The molecule has 0 aliphatic heterocycles. The van der Waals surface area contributed by atoms with Crippen LogP contribution >= 0.6 is 0 Å². The zero-order valence-electron chi connectivity index (χ0n) is 21.6. The number of carbonyl (C=O) groups is 1. The number of hydrogen-bond donors (Lipinski definition) is 2. The maximum absolute atomic E-state index is 13.3. The Labute approximate surface area is 213 Å². The highest BCUT2D eigenvalue weighted by atomic mass is 16.5. The first-order chi connectivity index (χ1) is 17.5. The summed E-state index contributed by atoms with van der Waals surface area (Å²) in [4.78, 5) is 16.8. The smallest absolute Gasteiger partial charge is 0.221 e. The van der Waals surface area contributed by atoms with E-state index in [-0.39, 0.29) is 17.9 Å². The fraction of sp³-hybridized carbons (Fsp3) is 0.323. The number of para-hydroxylation sites is 1. The van der Waals surface area contributed by atoms with Crippen molar-refractivity contribution < 1.29 is 14.3 Å². The van der Waals surface area contributed by atoms with Crippen LogP contribution in [0, 0.1) is 0 Å². The third-order valence-corrected chi connectivity index (χ3v) is 6.91. The van der Waals surface area contributed by atoms with Crippen molar-refractivity contribution in [1.82, 2.24) is 10.3 Å². The molecule has 4 aromatic rings. The van der Waals surface area contributed by atoms with Gasteiger partial charge in [-0.05, 0) is 48.9 Å². The number of aryl methyl sites for hydroxylation is 2. The standard InChI is InChI=1S/C31H36N2O3/c1-5-23-12-9-13-26-28(20-32-31(23)26)27(25-17-16-24(35-3)18-29(25)36-4)19-30(34)33-21(2)14-15-22-10-7-6-8-11-22/h6-13,16-18,20-21,27,32H,5,14-15,19H2,1-4H3,(H,33,34). The van der Waals surface area contributed by atoms with Crippen LogP contribution in [0.1, 0.15) is 54.9 Å². The molecule has 1 amide bonds. The van der Waals surface area contributed by atoms with Gasteiger partial charge in [-0.15, -0.1) is 0 Å². The average molecular weight is 485 g/mol. The van der Waals surface area contributed by atoms with Gasteiger partial charge in [-0.2, -0.15) is 0 Å². The Morgan fingerprint density at radius 3 is 2.50 bits per heavy atom. The number of H-pyrrole nitrogens is 1. The zero-order chi connectivity index (χ0) is 25.5. The molecular formula is C31H36N2O3. The summed E-state index contributed by atoms with van der Waals surface area (Å²) in [5, 5.41) is 4.37. The summed E-state index contributed by atoms with van der Waals surface area (Å²) in [6, 6.07) is 22.6. The summed E-state index contributed by atoms with van der Waals surface area (Å²) in [7, 11) is 3.30. The van der Waals surface area contributed by atoms with E-state index in [1.165, 1.54) is 11.1 Å². The van der Waals surface area contributed by atoms with Gasteiger partial charge in [0.15, 0.2) is 0 Å². The lowest BCUT2D eigenvalue weighted by Crippen LogP contribution is -2.34. The number of methoxy groups -OCH3 is 2. The van der Waals surface area contributed by atoms with E-state index in [4.69, 9.17) is 9.47 Å². The first kappa shape index (κ1) is 25.4. The van der Waals surface area contributed by atoms with E-state index in [2.05, 4.69) is 66.6 Å². The van der Waals surface area contributed by atoms with Crippen molar-refractivity contribution >= 4 is 16.8 Å². The van der Waals surface area contributed by atoms with Crippen molar-refractivity contribution in [2.75, 3.05) is 14.2 Å². The Kier molecular flexibility index (Phi) is 8.32. The van der Waals surface area contributed by atoms with E-state index < -0.39 is 0 Å². The number of ether oxygens (including phenoxy) is 2. The number of hydrogen-bond acceptors (Lipinski definition) is 3. The van der Waals surface area contributed by atoms with Crippen LogP contribution in [0.2, 0.25) is 0 Å². The third kappa shape index (κ3) is 5.73. The molecule has 4 rings (SSSR count). The predicted octanol–water partition coefficient (Wildman–Crippen LogP) is 6.41. The second-order valence-corrected chi connectivity index (χ2v) is 9.29. The minimum atomic E-state index is -0.173. The molecule has 0 spiro atoms. The van der Waals surface area contributed by atoms with Crippen molar-refractivity contribution in [2.24, 2.45) is 0 Å². The molecule has 1 aromatic heterocycles. The van der Waals surface area contributed by atoms with Crippen LogP contribution in [0.3, 0.4) is 0 Å². The summed E-state index contributed by atoms with van der Waals surface area (Å²) in [6.07, 6.45) is 5.12. The molecule has 0 aliphatic rings. The fourth-order valence-corrected chi connectivity index (χ4v) is 4.93. The van der Waals surface area contributed by atoms with Crippen molar-refractivity contribution in [3.63, 3.8) is 0 Å². The Morgan fingerprint density at radius 2 is 1.78 bits per heavy atom. The molecule has 0 radical (unpaired) electrons. The van der Waals surface area contributed by atoms with E-state index >= 15 is 0 Å². The lowest BCUT2D eigenvalue weighted by atomic mass is 9.86. The van der Waals surface area contributed by atoms with Crippen molar-refractivity contribution in [1.29, 1.82) is 0 Å². The van der Waals surface area contributed by atoms with Gasteiger partial charge in [-0.25, -0.2) is 0 Å². The van der Waals surface area contributed by atoms with E-state index in [0.717, 1.165) is 47.0 Å². The normalized spacial score (nSPS) is 12.8. The number of aromatic amines is 1. The largest absolute Gasteiger partial charge is 0.497 e. The molecule has 1 heterocycles. The van der Waals surface area contributed by atoms with Crippen LogP contribution in [0.5, 0.6) is 11.5 Å². The van der Waals surface area contributed by atoms with Gasteiger partial charge < -0.3 is 19.8 Å². The molecular weight excluding hydrogens is 448 g/mol. The topological polar surface area (TPSA) is 63.4 Å². The van der Waals surface area contributed by atoms with E-state index in [0.29, 0.717) is 12.2 Å². The molecule has 2 N–H and O–H groups in total. The highest BCUT2D eigenvalue weighted by Crippen LogP contribution is 2.40. The van der Waals surface area contributed by atoms with E-state index in [9.17, 15) is 4.79 Å². The number of aromatic nitrogens is 1. The van der Waals surface area contributed by atoms with E-state index in [1.807, 2.05) is 30.5 Å². The number of carbonyl (C=O) groups excluding carboxylic acids is 1. The van der Waals surface area contributed by atoms with Crippen molar-refractivity contribution in [3.05, 3.63) is 95.2 Å². The molecule has 5 heteroatoms. The van der Waals surface area contributed by atoms with Gasteiger partial charge in [0.25, 0.3) is 0 Å². The van der Waals surface area contributed by atoms with Crippen LogP contribution in [0.25, 0.3) is 10.9 Å². The van der Waals surface area contributed by atoms with Gasteiger partial charge in [0.05, 0.1) is 14.2 Å². The molecule has 0 fully saturated rings. The molecule has 188 valence electrons. The first-order valence-corrected chi connectivity index (χ1v) is 12.7.